The molecule has 34 valence electrons. The molecule has 1 N–H and O–H groups in total. The average molecular weight is 291 g/mol. The summed E-state index contributed by atoms with van der Waals surface area (Å²) in [7, 11) is 0. The van der Waals surface area contributed by atoms with Crippen LogP contribution in [0.4, 0.5) is 0 Å². The van der Waals surface area contributed by atoms with Gasteiger partial charge in [-0.25, -0.2) is 0 Å². The van der Waals surface area contributed by atoms with Gasteiger partial charge in [-0.2, -0.15) is 0 Å². The molecule has 0 saturated carbocycles. The molecular weight excluding hydrogens is 287 g/mol. The Morgan fingerprint density at radius 3 is 1.57 bits per heavy atom. The first-order chi connectivity index (χ1) is 1.73. The fraction of sp³-hybridized carbons (Fsp3) is 0.500. The SMILES string of the molecule is CC(=O)O.[I-].[K+].[Zn]. The van der Waals surface area contributed by atoms with E-state index in [1.165, 1.54) is 0 Å². The summed E-state index contributed by atoms with van der Waals surface area (Å²) < 4.78 is 0. The van der Waals surface area contributed by atoms with E-state index in [4.69, 9.17) is 9.90 Å². The fourth-order valence-electron chi connectivity index (χ4n) is 0. The molecule has 0 rings (SSSR count). The van der Waals surface area contributed by atoms with E-state index in [1.54, 1.807) is 0 Å². The first kappa shape index (κ1) is 22.7. The van der Waals surface area contributed by atoms with Crippen molar-refractivity contribution in [3.8, 4) is 0 Å². The van der Waals surface area contributed by atoms with Crippen molar-refractivity contribution in [2.45, 2.75) is 6.92 Å². The van der Waals surface area contributed by atoms with Gasteiger partial charge in [0.2, 0.25) is 0 Å². The predicted molar refractivity (Wildman–Crippen MR) is 13.3 cm³/mol. The van der Waals surface area contributed by atoms with Crippen molar-refractivity contribution in [3.63, 3.8) is 0 Å². The van der Waals surface area contributed by atoms with Crippen molar-refractivity contribution in [1.29, 1.82) is 0 Å². The van der Waals surface area contributed by atoms with Crippen molar-refractivity contribution < 1.29 is 105 Å². The van der Waals surface area contributed by atoms with Crippen molar-refractivity contribution in [2.24, 2.45) is 0 Å². The number of carboxylic acid groups (broad SMARTS) is 1. The van der Waals surface area contributed by atoms with Crippen LogP contribution in [0, 0.1) is 0 Å². The summed E-state index contributed by atoms with van der Waals surface area (Å²) in [6.07, 6.45) is 0. The molecule has 0 aliphatic heterocycles. The molecule has 0 saturated heterocycles. The van der Waals surface area contributed by atoms with Crippen LogP contribution in [0.3, 0.4) is 0 Å². The summed E-state index contributed by atoms with van der Waals surface area (Å²) in [4.78, 5) is 9.00. The zero-order valence-corrected chi connectivity index (χ0v) is 12.7. The van der Waals surface area contributed by atoms with Crippen LogP contribution in [0.1, 0.15) is 6.92 Å². The Balaban J connectivity index is -0.0000000150. The summed E-state index contributed by atoms with van der Waals surface area (Å²) in [6.45, 7) is 1.08. The van der Waals surface area contributed by atoms with Gasteiger partial charge >= 0.3 is 51.4 Å². The fourth-order valence-corrected chi connectivity index (χ4v) is 0. The van der Waals surface area contributed by atoms with E-state index in [-0.39, 0.29) is 94.8 Å². The standard InChI is InChI=1S/C2H4O2.HI.K.Zn/c1-2(3)4;;;/h1H3,(H,3,4);1H;;/q;;+1;/p-1. The summed E-state index contributed by atoms with van der Waals surface area (Å²) in [5, 5.41) is 7.42. The average Bonchev–Trinajstić information content (AvgIpc) is 0.811. The normalized spacial score (nSPS) is 3.57. The van der Waals surface area contributed by atoms with E-state index in [9.17, 15) is 0 Å². The van der Waals surface area contributed by atoms with Crippen LogP contribution in [0.5, 0.6) is 0 Å². The van der Waals surface area contributed by atoms with E-state index in [0.717, 1.165) is 6.92 Å². The molecule has 0 fully saturated rings. The van der Waals surface area contributed by atoms with Gasteiger partial charge in [-0.3, -0.25) is 4.79 Å². The molecule has 0 aromatic rings. The van der Waals surface area contributed by atoms with Crippen LogP contribution in [0.2, 0.25) is 0 Å². The monoisotopic (exact) mass is 290 g/mol. The molecule has 0 aromatic heterocycles. The maximum absolute atomic E-state index is 9.00. The van der Waals surface area contributed by atoms with Crippen molar-refractivity contribution in [3.05, 3.63) is 0 Å². The van der Waals surface area contributed by atoms with Crippen LogP contribution in [-0.2, 0) is 24.3 Å². The molecule has 0 spiro atoms. The van der Waals surface area contributed by atoms with Crippen LogP contribution in [-0.4, -0.2) is 11.1 Å². The third-order valence-corrected chi connectivity index (χ3v) is 0. The van der Waals surface area contributed by atoms with Gasteiger partial charge in [0.25, 0.3) is 5.97 Å². The van der Waals surface area contributed by atoms with Crippen molar-refractivity contribution in [2.75, 3.05) is 0 Å². The van der Waals surface area contributed by atoms with E-state index >= 15 is 0 Å². The molecule has 5 heteroatoms. The second-order valence-electron chi connectivity index (χ2n) is 0.519. The number of carbonyl (C=O) groups is 1. The Morgan fingerprint density at radius 1 is 1.57 bits per heavy atom. The molecule has 0 aliphatic rings. The zero-order chi connectivity index (χ0) is 3.58. The van der Waals surface area contributed by atoms with Gasteiger partial charge in [-0.1, -0.05) is 0 Å². The second kappa shape index (κ2) is 15.8. The van der Waals surface area contributed by atoms with Gasteiger partial charge in [0.15, 0.2) is 0 Å². The predicted octanol–water partition coefficient (Wildman–Crippen LogP) is -5.90. The Labute approximate surface area is 115 Å². The second-order valence-corrected chi connectivity index (χ2v) is 0.519. The van der Waals surface area contributed by atoms with E-state index in [0.29, 0.717) is 0 Å². The minimum absolute atomic E-state index is 0. The number of halogens is 1. The van der Waals surface area contributed by atoms with Crippen molar-refractivity contribution >= 4 is 5.97 Å². The number of hydrogen-bond acceptors (Lipinski definition) is 1. The third kappa shape index (κ3) is 58.3. The molecule has 0 aromatic carbocycles. The molecule has 0 aliphatic carbocycles. The van der Waals surface area contributed by atoms with E-state index in [2.05, 4.69) is 0 Å². The van der Waals surface area contributed by atoms with Crippen LogP contribution < -0.4 is 75.4 Å². The Morgan fingerprint density at radius 2 is 1.57 bits per heavy atom. The zero-order valence-electron chi connectivity index (χ0n) is 4.44. The molecule has 7 heavy (non-hydrogen) atoms. The van der Waals surface area contributed by atoms with Gasteiger partial charge in [0.05, 0.1) is 0 Å². The summed E-state index contributed by atoms with van der Waals surface area (Å²) >= 11 is 0. The molecule has 2 nitrogen and oxygen atoms in total. The van der Waals surface area contributed by atoms with Gasteiger partial charge in [0, 0.05) is 26.4 Å². The van der Waals surface area contributed by atoms with Crippen LogP contribution in [0.15, 0.2) is 0 Å². The molecule has 0 radical (unpaired) electrons. The third-order valence-electron chi connectivity index (χ3n) is 0. The smallest absolute Gasteiger partial charge is 1.00 e. The van der Waals surface area contributed by atoms with Crippen molar-refractivity contribution in [1.82, 2.24) is 0 Å². The minimum Gasteiger partial charge on any atom is -1.00 e. The number of aliphatic carboxylic acids is 1. The van der Waals surface area contributed by atoms with Crippen LogP contribution >= 0.6 is 0 Å². The van der Waals surface area contributed by atoms with Gasteiger partial charge < -0.3 is 29.1 Å². The summed E-state index contributed by atoms with van der Waals surface area (Å²) in [6, 6.07) is 0. The van der Waals surface area contributed by atoms with E-state index in [1.807, 2.05) is 0 Å². The molecule has 0 unspecified atom stereocenters. The molecule has 0 bridgehead atoms. The number of carboxylic acids is 1. The van der Waals surface area contributed by atoms with Crippen LogP contribution in [0.25, 0.3) is 0 Å². The Bertz CT molecular complexity index is 38.7. The Kier molecular flexibility index (Phi) is 51.2. The number of rotatable bonds is 0. The first-order valence-corrected chi connectivity index (χ1v) is 0.928. The first-order valence-electron chi connectivity index (χ1n) is 0.928. The Hall–Kier alpha value is 2.46. The van der Waals surface area contributed by atoms with Gasteiger partial charge in [0.1, 0.15) is 0 Å². The minimum atomic E-state index is -0.833. The molecular formula is C2H4IKO2Zn. The number of hydrogen-bond donors (Lipinski definition) is 1. The maximum atomic E-state index is 9.00. The molecule has 0 amide bonds. The van der Waals surface area contributed by atoms with Gasteiger partial charge in [-0.05, 0) is 0 Å². The van der Waals surface area contributed by atoms with Gasteiger partial charge in [-0.15, -0.1) is 0 Å². The van der Waals surface area contributed by atoms with E-state index < -0.39 is 5.97 Å². The topological polar surface area (TPSA) is 37.3 Å². The molecule has 0 atom stereocenters. The maximum Gasteiger partial charge on any atom is 1.00 e. The summed E-state index contributed by atoms with van der Waals surface area (Å²) in [5.41, 5.74) is 0. The quantitative estimate of drug-likeness (QED) is 0.357. The molecule has 0 heterocycles. The summed E-state index contributed by atoms with van der Waals surface area (Å²) in [5.74, 6) is -0.833. The largest absolute Gasteiger partial charge is 1.00 e.